The highest BCUT2D eigenvalue weighted by atomic mass is 16.3. The van der Waals surface area contributed by atoms with Crippen LogP contribution in [0.1, 0.15) is 58.2 Å². The molecular formula is C30H35N7O. The highest BCUT2D eigenvalue weighted by Gasteiger charge is 2.26. The second-order valence-electron chi connectivity index (χ2n) is 11.1. The predicted octanol–water partition coefficient (Wildman–Crippen LogP) is 7.11. The maximum Gasteiger partial charge on any atom is 0.250 e. The minimum absolute atomic E-state index is 0.231. The molecule has 1 heterocycles. The van der Waals surface area contributed by atoms with E-state index in [1.165, 1.54) is 0 Å². The van der Waals surface area contributed by atoms with Gasteiger partial charge in [0.15, 0.2) is 0 Å². The molecule has 0 bridgehead atoms. The second-order valence-corrected chi connectivity index (χ2v) is 11.1. The molecule has 196 valence electrons. The number of benzene rings is 3. The summed E-state index contributed by atoms with van der Waals surface area (Å²) >= 11 is 0. The molecule has 0 saturated heterocycles. The zero-order chi connectivity index (χ0) is 27.3. The van der Waals surface area contributed by atoms with Crippen LogP contribution in [0.5, 0.6) is 5.75 Å². The number of phenols is 1. The monoisotopic (exact) mass is 509 g/mol. The summed E-state index contributed by atoms with van der Waals surface area (Å²) in [6.45, 7) is 12.5. The van der Waals surface area contributed by atoms with Gasteiger partial charge in [0.05, 0.1) is 6.21 Å². The summed E-state index contributed by atoms with van der Waals surface area (Å²) in [7, 11) is 0. The minimum atomic E-state index is -0.231. The molecule has 0 aliphatic heterocycles. The molecule has 0 spiro atoms. The predicted molar refractivity (Wildman–Crippen MR) is 156 cm³/mol. The van der Waals surface area contributed by atoms with Gasteiger partial charge in [-0.15, -0.1) is 0 Å². The third-order valence-electron chi connectivity index (χ3n) is 5.82. The van der Waals surface area contributed by atoms with Gasteiger partial charge in [-0.05, 0) is 52.8 Å². The van der Waals surface area contributed by atoms with Crippen molar-refractivity contribution in [2.45, 2.75) is 52.4 Å². The van der Waals surface area contributed by atoms with Crippen molar-refractivity contribution in [1.82, 2.24) is 15.0 Å². The zero-order valence-corrected chi connectivity index (χ0v) is 22.7. The average Bonchev–Trinajstić information content (AvgIpc) is 2.84. The fourth-order valence-corrected chi connectivity index (χ4v) is 3.88. The summed E-state index contributed by atoms with van der Waals surface area (Å²) < 4.78 is 0. The van der Waals surface area contributed by atoms with Gasteiger partial charge in [-0.3, -0.25) is 0 Å². The van der Waals surface area contributed by atoms with E-state index in [-0.39, 0.29) is 16.8 Å². The lowest BCUT2D eigenvalue weighted by atomic mass is 9.78. The first kappa shape index (κ1) is 26.6. The first-order chi connectivity index (χ1) is 18.0. The highest BCUT2D eigenvalue weighted by Crippen LogP contribution is 2.39. The van der Waals surface area contributed by atoms with Crippen molar-refractivity contribution in [1.29, 1.82) is 0 Å². The van der Waals surface area contributed by atoms with Gasteiger partial charge in [0, 0.05) is 22.5 Å². The largest absolute Gasteiger partial charge is 0.507 e. The van der Waals surface area contributed by atoms with E-state index in [2.05, 4.69) is 77.7 Å². The minimum Gasteiger partial charge on any atom is -0.507 e. The maximum atomic E-state index is 11.0. The molecule has 4 N–H and O–H groups in total. The molecule has 3 aromatic carbocycles. The summed E-state index contributed by atoms with van der Waals surface area (Å²) in [5.74, 6) is 1.36. The Morgan fingerprint density at radius 2 is 1.08 bits per heavy atom. The molecule has 8 nitrogen and oxygen atoms in total. The third-order valence-corrected chi connectivity index (χ3v) is 5.82. The van der Waals surface area contributed by atoms with Crippen molar-refractivity contribution in [2.75, 3.05) is 16.1 Å². The first-order valence-electron chi connectivity index (χ1n) is 12.6. The number of aromatic nitrogens is 3. The molecule has 0 unspecified atom stereocenters. The number of para-hydroxylation sites is 2. The van der Waals surface area contributed by atoms with E-state index in [9.17, 15) is 5.11 Å². The van der Waals surface area contributed by atoms with Crippen LogP contribution < -0.4 is 16.1 Å². The summed E-state index contributed by atoms with van der Waals surface area (Å²) in [5.41, 5.74) is 6.79. The Hall–Kier alpha value is -4.46. The standard InChI is InChI=1S/C30H35N7O/c1-29(2,3)23-17-20(18-24(25(23)38)30(4,5)6)19-31-37-28-35-26(32-21-13-9-7-10-14-21)34-27(36-28)33-22-15-11-8-12-16-22/h7-19,38H,1-6H3,(H3,32,33,34,35,36,37)/b31-19+. The highest BCUT2D eigenvalue weighted by molar-refractivity contribution is 5.82. The van der Waals surface area contributed by atoms with Crippen LogP contribution in [0, 0.1) is 0 Å². The van der Waals surface area contributed by atoms with Gasteiger partial charge in [-0.1, -0.05) is 77.9 Å². The normalized spacial score (nSPS) is 11.9. The van der Waals surface area contributed by atoms with Gasteiger partial charge in [0.25, 0.3) is 0 Å². The van der Waals surface area contributed by atoms with Crippen LogP contribution in [0.3, 0.4) is 0 Å². The van der Waals surface area contributed by atoms with E-state index in [0.29, 0.717) is 17.6 Å². The topological polar surface area (TPSA) is 107 Å². The molecule has 0 aliphatic carbocycles. The Balaban J connectivity index is 1.64. The Morgan fingerprint density at radius 1 is 0.658 bits per heavy atom. The van der Waals surface area contributed by atoms with Crippen LogP contribution in [0.25, 0.3) is 0 Å². The van der Waals surface area contributed by atoms with E-state index < -0.39 is 0 Å². The molecule has 0 radical (unpaired) electrons. The van der Waals surface area contributed by atoms with Gasteiger partial charge in [-0.2, -0.15) is 20.1 Å². The summed E-state index contributed by atoms with van der Waals surface area (Å²) in [6.07, 6.45) is 1.71. The zero-order valence-electron chi connectivity index (χ0n) is 22.7. The number of phenolic OH excluding ortho intramolecular Hbond substituents is 1. The molecule has 0 atom stereocenters. The maximum absolute atomic E-state index is 11.0. The van der Waals surface area contributed by atoms with E-state index in [1.54, 1.807) is 6.21 Å². The van der Waals surface area contributed by atoms with Gasteiger partial charge >= 0.3 is 0 Å². The van der Waals surface area contributed by atoms with Crippen molar-refractivity contribution in [3.05, 3.63) is 89.5 Å². The van der Waals surface area contributed by atoms with Gasteiger partial charge in [0.2, 0.25) is 17.8 Å². The Labute approximate surface area is 224 Å². The molecule has 0 amide bonds. The fraction of sp³-hybridized carbons (Fsp3) is 0.267. The molecule has 8 heteroatoms. The van der Waals surface area contributed by atoms with E-state index in [1.807, 2.05) is 72.8 Å². The molecule has 0 fully saturated rings. The number of hydrogen-bond donors (Lipinski definition) is 4. The Morgan fingerprint density at radius 3 is 1.50 bits per heavy atom. The van der Waals surface area contributed by atoms with Crippen LogP contribution >= 0.6 is 0 Å². The third kappa shape index (κ3) is 6.85. The molecule has 4 aromatic rings. The molecule has 1 aromatic heterocycles. The van der Waals surface area contributed by atoms with Crippen LogP contribution in [-0.4, -0.2) is 26.3 Å². The lowest BCUT2D eigenvalue weighted by Crippen LogP contribution is -2.18. The number of hydrazone groups is 1. The quantitative estimate of drug-likeness (QED) is 0.155. The van der Waals surface area contributed by atoms with Crippen molar-refractivity contribution in [3.63, 3.8) is 0 Å². The lowest BCUT2D eigenvalue weighted by molar-refractivity contribution is 0.423. The van der Waals surface area contributed by atoms with E-state index in [4.69, 9.17) is 0 Å². The molecule has 38 heavy (non-hydrogen) atoms. The molecule has 4 rings (SSSR count). The van der Waals surface area contributed by atoms with E-state index >= 15 is 0 Å². The molecular weight excluding hydrogens is 474 g/mol. The van der Waals surface area contributed by atoms with Crippen LogP contribution in [0.4, 0.5) is 29.2 Å². The lowest BCUT2D eigenvalue weighted by Gasteiger charge is -2.27. The van der Waals surface area contributed by atoms with Crippen LogP contribution in [0.2, 0.25) is 0 Å². The van der Waals surface area contributed by atoms with Crippen LogP contribution in [0.15, 0.2) is 77.9 Å². The van der Waals surface area contributed by atoms with Crippen molar-refractivity contribution >= 4 is 35.4 Å². The number of nitrogens with zero attached hydrogens (tertiary/aromatic N) is 4. The van der Waals surface area contributed by atoms with Crippen molar-refractivity contribution < 1.29 is 5.11 Å². The smallest absolute Gasteiger partial charge is 0.250 e. The fourth-order valence-electron chi connectivity index (χ4n) is 3.88. The average molecular weight is 510 g/mol. The summed E-state index contributed by atoms with van der Waals surface area (Å²) in [5, 5.41) is 21.8. The molecule has 0 aliphatic rings. The van der Waals surface area contributed by atoms with Gasteiger partial charge in [-0.25, -0.2) is 5.43 Å². The Bertz CT molecular complexity index is 1310. The number of hydrogen-bond acceptors (Lipinski definition) is 8. The number of anilines is 5. The SMILES string of the molecule is CC(C)(C)c1cc(/C=N/Nc2nc(Nc3ccccc3)nc(Nc3ccccc3)n2)cc(C(C)(C)C)c1O. The summed E-state index contributed by atoms with van der Waals surface area (Å²) in [4.78, 5) is 13.5. The number of rotatable bonds is 7. The van der Waals surface area contributed by atoms with Crippen molar-refractivity contribution in [2.24, 2.45) is 5.10 Å². The van der Waals surface area contributed by atoms with Crippen LogP contribution in [-0.2, 0) is 10.8 Å². The Kier molecular flexibility index (Phi) is 7.62. The van der Waals surface area contributed by atoms with Gasteiger partial charge in [0.1, 0.15) is 5.75 Å². The van der Waals surface area contributed by atoms with Gasteiger partial charge < -0.3 is 15.7 Å². The summed E-state index contributed by atoms with van der Waals surface area (Å²) in [6, 6.07) is 23.3. The number of aromatic hydroxyl groups is 1. The number of nitrogens with one attached hydrogen (secondary N) is 3. The first-order valence-corrected chi connectivity index (χ1v) is 12.6. The second kappa shape index (κ2) is 10.9. The van der Waals surface area contributed by atoms with Crippen molar-refractivity contribution in [3.8, 4) is 5.75 Å². The molecule has 0 saturated carbocycles. The van der Waals surface area contributed by atoms with E-state index in [0.717, 1.165) is 28.1 Å².